The van der Waals surface area contributed by atoms with Crippen LogP contribution in [0.25, 0.3) is 11.1 Å². The zero-order valence-corrected chi connectivity index (χ0v) is 11.1. The van der Waals surface area contributed by atoms with Crippen molar-refractivity contribution in [3.63, 3.8) is 0 Å². The van der Waals surface area contributed by atoms with Gasteiger partial charge in [0.05, 0.1) is 0 Å². The third kappa shape index (κ3) is 2.80. The summed E-state index contributed by atoms with van der Waals surface area (Å²) in [5.74, 6) is -0.191. The third-order valence-electron chi connectivity index (χ3n) is 2.29. The van der Waals surface area contributed by atoms with Crippen molar-refractivity contribution < 1.29 is 4.39 Å². The zero-order chi connectivity index (χ0) is 10.7. The molecule has 15 heavy (non-hydrogen) atoms. The van der Waals surface area contributed by atoms with E-state index in [1.165, 1.54) is 15.8 Å². The number of hydrogen-bond acceptors (Lipinski definition) is 0. The maximum absolute atomic E-state index is 12.7. The van der Waals surface area contributed by atoms with E-state index in [9.17, 15) is 4.39 Å². The predicted molar refractivity (Wildman–Crippen MR) is 66.2 cm³/mol. The van der Waals surface area contributed by atoms with Gasteiger partial charge in [-0.1, -0.05) is 36.4 Å². The van der Waals surface area contributed by atoms with Crippen LogP contribution in [0.3, 0.4) is 0 Å². The number of rotatable bonds is 2. The number of hydrogen-bond donors (Lipinski definition) is 0. The Kier molecular flexibility index (Phi) is 3.78. The summed E-state index contributed by atoms with van der Waals surface area (Å²) >= 11 is 3.28. The second-order valence-electron chi connectivity index (χ2n) is 3.34. The summed E-state index contributed by atoms with van der Waals surface area (Å²) in [6, 6.07) is 15.0. The molecule has 2 aromatic rings. The first-order chi connectivity index (χ1) is 7.29. The summed E-state index contributed by atoms with van der Waals surface area (Å²) in [7, 11) is 0. The van der Waals surface area contributed by atoms with Crippen LogP contribution in [0.1, 0.15) is 0 Å². The van der Waals surface area contributed by atoms with Gasteiger partial charge in [-0.15, -0.1) is 0 Å². The van der Waals surface area contributed by atoms with E-state index >= 15 is 0 Å². The second kappa shape index (κ2) is 5.10. The molecule has 0 unspecified atom stereocenters. The maximum Gasteiger partial charge on any atom is 0.506 e. The molecule has 0 aliphatic rings. The van der Waals surface area contributed by atoms with E-state index in [1.807, 2.05) is 0 Å². The van der Waals surface area contributed by atoms with Crippen LogP contribution in [0.5, 0.6) is 0 Å². The van der Waals surface area contributed by atoms with Crippen molar-refractivity contribution >= 4 is 34.8 Å². The predicted octanol–water partition coefficient (Wildman–Crippen LogP) is 3.13. The minimum Gasteiger partial charge on any atom is -0.296 e. The first kappa shape index (κ1) is 11.1. The Labute approximate surface area is 104 Å². The Morgan fingerprint density at radius 2 is 1.27 bits per heavy atom. The smallest absolute Gasteiger partial charge is 0.296 e. The van der Waals surface area contributed by atoms with Gasteiger partial charge in [0.25, 0.3) is 0 Å². The third-order valence-corrected chi connectivity index (χ3v) is 5.01. The van der Waals surface area contributed by atoms with Crippen molar-refractivity contribution in [2.45, 2.75) is 0 Å². The van der Waals surface area contributed by atoms with E-state index in [-0.39, 0.29) is 24.0 Å². The fourth-order valence-electron chi connectivity index (χ4n) is 1.43. The molecule has 0 radical (unpaired) electrons. The van der Waals surface area contributed by atoms with E-state index in [0.717, 1.165) is 11.1 Å². The van der Waals surface area contributed by atoms with Crippen LogP contribution in [-0.4, -0.2) is 18.2 Å². The molecule has 0 amide bonds. The largest absolute Gasteiger partial charge is 0.506 e. The molecule has 72 valence electrons. The van der Waals surface area contributed by atoms with Gasteiger partial charge >= 0.3 is 18.2 Å². The molecule has 0 heterocycles. The van der Waals surface area contributed by atoms with Gasteiger partial charge in [0.15, 0.2) is 0 Å². The lowest BCUT2D eigenvalue weighted by Crippen LogP contribution is -2.06. The van der Waals surface area contributed by atoms with Crippen LogP contribution >= 0.6 is 12.9 Å². The molecule has 0 fully saturated rings. The molecule has 0 nitrogen and oxygen atoms in total. The minimum absolute atomic E-state index is 0.191. The Morgan fingerprint density at radius 3 is 1.73 bits per heavy atom. The molecule has 0 saturated carbocycles. The Balaban J connectivity index is 2.33. The van der Waals surface area contributed by atoms with Crippen molar-refractivity contribution in [3.05, 3.63) is 54.3 Å². The van der Waals surface area contributed by atoms with Crippen molar-refractivity contribution in [1.29, 1.82) is 0 Å². The van der Waals surface area contributed by atoms with Crippen molar-refractivity contribution in [3.8, 4) is 11.1 Å². The normalized spacial score (nSPS) is 9.73. The molecule has 3 heteroatoms. The number of benzene rings is 2. The SMILES string of the molecule is Fc1ccc(-c2cc[c]([Mg][Br])cc2)cc1. The van der Waals surface area contributed by atoms with Crippen molar-refractivity contribution in [2.24, 2.45) is 0 Å². The second-order valence-corrected chi connectivity index (χ2v) is 6.10. The van der Waals surface area contributed by atoms with E-state index < -0.39 is 0 Å². The Morgan fingerprint density at radius 1 is 0.800 bits per heavy atom. The molecule has 0 aliphatic carbocycles. The Hall–Kier alpha value is -0.384. The molecule has 0 N–H and O–H groups in total. The molecule has 2 rings (SSSR count). The summed E-state index contributed by atoms with van der Waals surface area (Å²) in [5, 5.41) is 0. The summed E-state index contributed by atoms with van der Waals surface area (Å²) in [4.78, 5) is 0. The molecular formula is C12H8BrFMg. The van der Waals surface area contributed by atoms with E-state index in [2.05, 4.69) is 37.1 Å². The summed E-state index contributed by atoms with van der Waals surface area (Å²) in [5.41, 5.74) is 2.19. The highest BCUT2D eigenvalue weighted by Gasteiger charge is 1.99. The number of halogens is 2. The first-order valence-corrected chi connectivity index (χ1v) is 9.31. The van der Waals surface area contributed by atoms with Gasteiger partial charge < -0.3 is 0 Å². The quantitative estimate of drug-likeness (QED) is 0.739. The van der Waals surface area contributed by atoms with Crippen LogP contribution in [0.2, 0.25) is 0 Å². The molecular weight excluding hydrogens is 267 g/mol. The van der Waals surface area contributed by atoms with Gasteiger partial charge in [0.1, 0.15) is 5.82 Å². The highest BCUT2D eigenvalue weighted by atomic mass is 79.9. The zero-order valence-electron chi connectivity index (χ0n) is 8.08. The molecule has 0 saturated heterocycles. The topological polar surface area (TPSA) is 0 Å². The lowest BCUT2D eigenvalue weighted by atomic mass is 10.1. The average molecular weight is 275 g/mol. The standard InChI is InChI=1S/C12H8F.BrH.Mg/c13-12-8-6-11(7-9-12)10-4-2-1-3-5-10;;/h2-9H;1H;/q;;+1/p-1. The summed E-state index contributed by atoms with van der Waals surface area (Å²) in [6.07, 6.45) is 0. The van der Waals surface area contributed by atoms with Crippen LogP contribution in [0.15, 0.2) is 48.5 Å². The first-order valence-electron chi connectivity index (χ1n) is 4.70. The highest BCUT2D eigenvalue weighted by Crippen LogP contribution is 2.18. The van der Waals surface area contributed by atoms with Crippen LogP contribution in [0.4, 0.5) is 4.39 Å². The lowest BCUT2D eigenvalue weighted by molar-refractivity contribution is 0.628. The molecule has 0 bridgehead atoms. The van der Waals surface area contributed by atoms with Crippen molar-refractivity contribution in [2.75, 3.05) is 0 Å². The minimum atomic E-state index is -0.259. The Bertz CT molecular complexity index is 436. The molecule has 0 aliphatic heterocycles. The summed E-state index contributed by atoms with van der Waals surface area (Å²) in [6.45, 7) is 0. The van der Waals surface area contributed by atoms with Crippen LogP contribution < -0.4 is 3.69 Å². The molecule has 0 spiro atoms. The molecule has 0 atom stereocenters. The maximum atomic E-state index is 12.7. The van der Waals surface area contributed by atoms with Crippen LogP contribution in [0, 0.1) is 5.82 Å². The average Bonchev–Trinajstić information content (AvgIpc) is 2.30. The van der Waals surface area contributed by atoms with E-state index in [1.54, 1.807) is 12.1 Å². The van der Waals surface area contributed by atoms with Gasteiger partial charge in [-0.3, -0.25) is 12.9 Å². The monoisotopic (exact) mass is 274 g/mol. The van der Waals surface area contributed by atoms with Gasteiger partial charge in [-0.2, -0.15) is 3.69 Å². The summed E-state index contributed by atoms with van der Waals surface area (Å²) < 4.78 is 14.1. The fourth-order valence-corrected chi connectivity index (χ4v) is 2.96. The molecule has 2 aromatic carbocycles. The van der Waals surface area contributed by atoms with Gasteiger partial charge in [0.2, 0.25) is 0 Å². The van der Waals surface area contributed by atoms with Gasteiger partial charge in [-0.05, 0) is 23.3 Å². The van der Waals surface area contributed by atoms with E-state index in [4.69, 9.17) is 0 Å². The highest BCUT2D eigenvalue weighted by molar-refractivity contribution is 9.23. The van der Waals surface area contributed by atoms with Crippen LogP contribution in [-0.2, 0) is 0 Å². The van der Waals surface area contributed by atoms with Gasteiger partial charge in [0, 0.05) is 0 Å². The van der Waals surface area contributed by atoms with Gasteiger partial charge in [-0.25, -0.2) is 4.39 Å². The lowest BCUT2D eigenvalue weighted by Gasteiger charge is -2.02. The van der Waals surface area contributed by atoms with E-state index in [0.29, 0.717) is 0 Å². The molecule has 0 aromatic heterocycles. The fraction of sp³-hybridized carbons (Fsp3) is 0. The van der Waals surface area contributed by atoms with Crippen molar-refractivity contribution in [1.82, 2.24) is 0 Å².